The lowest BCUT2D eigenvalue weighted by Gasteiger charge is -2.46. The Kier molecular flexibility index (Phi) is 58.9. The summed E-state index contributed by atoms with van der Waals surface area (Å²) in [5.74, 6) is -0.200. The zero-order chi connectivity index (χ0) is 67.3. The second kappa shape index (κ2) is 63.2. The first-order valence-corrected chi connectivity index (χ1v) is 39.0. The Balaban J connectivity index is 1.59. The summed E-state index contributed by atoms with van der Waals surface area (Å²) in [7, 11) is 0. The third-order valence-electron chi connectivity index (χ3n) is 19.0. The minimum Gasteiger partial charge on any atom is -0.394 e. The van der Waals surface area contributed by atoms with E-state index in [1.165, 1.54) is 231 Å². The van der Waals surface area contributed by atoms with Crippen LogP contribution in [0.15, 0.2) is 60.8 Å². The Morgan fingerprint density at radius 2 is 0.742 bits per heavy atom. The molecule has 12 atom stereocenters. The first-order chi connectivity index (χ1) is 45.6. The molecule has 2 fully saturated rings. The summed E-state index contributed by atoms with van der Waals surface area (Å²) in [6.07, 6.45) is 68.3. The fourth-order valence-corrected chi connectivity index (χ4v) is 12.9. The zero-order valence-corrected chi connectivity index (χ0v) is 59.5. The first-order valence-electron chi connectivity index (χ1n) is 39.0. The van der Waals surface area contributed by atoms with Gasteiger partial charge in [0.15, 0.2) is 12.6 Å². The molecule has 12 unspecified atom stereocenters. The van der Waals surface area contributed by atoms with E-state index in [1.54, 1.807) is 0 Å². The molecule has 0 aliphatic carbocycles. The lowest BCUT2D eigenvalue weighted by molar-refractivity contribution is -0.359. The topological polar surface area (TPSA) is 228 Å². The van der Waals surface area contributed by atoms with E-state index in [9.17, 15) is 45.6 Å². The lowest BCUT2D eigenvalue weighted by Crippen LogP contribution is -2.65. The van der Waals surface area contributed by atoms with Crippen LogP contribution in [0.5, 0.6) is 0 Å². The summed E-state index contributed by atoms with van der Waals surface area (Å²) < 4.78 is 23.0. The van der Waals surface area contributed by atoms with E-state index < -0.39 is 86.8 Å². The van der Waals surface area contributed by atoms with Crippen LogP contribution in [-0.4, -0.2) is 140 Å². The zero-order valence-electron chi connectivity index (χ0n) is 59.5. The highest BCUT2D eigenvalue weighted by atomic mass is 16.7. The van der Waals surface area contributed by atoms with Crippen molar-refractivity contribution in [3.8, 4) is 0 Å². The Morgan fingerprint density at radius 1 is 0.398 bits per heavy atom. The van der Waals surface area contributed by atoms with Gasteiger partial charge >= 0.3 is 0 Å². The number of aliphatic hydroxyl groups excluding tert-OH is 8. The van der Waals surface area contributed by atoms with Gasteiger partial charge in [0.1, 0.15) is 48.8 Å². The van der Waals surface area contributed by atoms with Crippen molar-refractivity contribution in [3.63, 3.8) is 0 Å². The number of unbranched alkanes of at least 4 members (excludes halogenated alkanes) is 42. The third kappa shape index (κ3) is 46.6. The van der Waals surface area contributed by atoms with Gasteiger partial charge in [-0.2, -0.15) is 0 Å². The number of aliphatic hydroxyl groups is 8. The van der Waals surface area contributed by atoms with E-state index in [0.29, 0.717) is 12.8 Å². The van der Waals surface area contributed by atoms with E-state index in [0.717, 1.165) is 83.5 Å². The molecule has 9 N–H and O–H groups in total. The molecule has 93 heavy (non-hydrogen) atoms. The van der Waals surface area contributed by atoms with Gasteiger partial charge in [-0.05, 0) is 57.8 Å². The molecule has 2 rings (SSSR count). The lowest BCUT2D eigenvalue weighted by atomic mass is 9.97. The normalized spacial score (nSPS) is 22.9. The molecule has 0 aromatic rings. The van der Waals surface area contributed by atoms with E-state index in [4.69, 9.17) is 18.9 Å². The molecular weight excluding hydrogens is 1170 g/mol. The molecule has 0 radical (unpaired) electrons. The minimum atomic E-state index is -1.78. The number of hydrogen-bond acceptors (Lipinski definition) is 13. The average molecular weight is 1320 g/mol. The highest BCUT2D eigenvalue weighted by Gasteiger charge is 2.51. The largest absolute Gasteiger partial charge is 0.394 e. The highest BCUT2D eigenvalue weighted by molar-refractivity contribution is 5.76. The van der Waals surface area contributed by atoms with Gasteiger partial charge in [0.05, 0.1) is 32.0 Å². The molecule has 2 saturated heterocycles. The van der Waals surface area contributed by atoms with E-state index in [1.807, 2.05) is 0 Å². The Hall–Kier alpha value is -2.31. The number of hydrogen-bond donors (Lipinski definition) is 9. The fourth-order valence-electron chi connectivity index (χ4n) is 12.9. The van der Waals surface area contributed by atoms with Crippen LogP contribution in [0.3, 0.4) is 0 Å². The van der Waals surface area contributed by atoms with Gasteiger partial charge in [-0.25, -0.2) is 0 Å². The van der Waals surface area contributed by atoms with Gasteiger partial charge in [0.2, 0.25) is 5.91 Å². The van der Waals surface area contributed by atoms with Crippen molar-refractivity contribution in [1.82, 2.24) is 5.32 Å². The maximum atomic E-state index is 13.4. The molecule has 1 amide bonds. The van der Waals surface area contributed by atoms with Crippen molar-refractivity contribution in [3.05, 3.63) is 60.8 Å². The van der Waals surface area contributed by atoms with Gasteiger partial charge < -0.3 is 65.1 Å². The monoisotopic (exact) mass is 1320 g/mol. The van der Waals surface area contributed by atoms with Gasteiger partial charge in [0, 0.05) is 6.42 Å². The highest BCUT2D eigenvalue weighted by Crippen LogP contribution is 2.30. The van der Waals surface area contributed by atoms with Crippen LogP contribution in [0.1, 0.15) is 341 Å². The molecule has 0 saturated carbocycles. The molecule has 0 spiro atoms. The predicted octanol–water partition coefficient (Wildman–Crippen LogP) is 17.2. The van der Waals surface area contributed by atoms with Gasteiger partial charge in [-0.15, -0.1) is 0 Å². The number of carbonyl (C=O) groups excluding carboxylic acids is 1. The molecule has 2 heterocycles. The number of ether oxygens (including phenoxy) is 4. The minimum absolute atomic E-state index is 0.200. The van der Waals surface area contributed by atoms with Crippen molar-refractivity contribution < 1.29 is 64.6 Å². The predicted molar refractivity (Wildman–Crippen MR) is 383 cm³/mol. The van der Waals surface area contributed by atoms with Crippen molar-refractivity contribution in [1.29, 1.82) is 0 Å². The Bertz CT molecular complexity index is 1790. The second-order valence-electron chi connectivity index (χ2n) is 27.5. The fraction of sp³-hybridized carbons (Fsp3) is 0.861. The van der Waals surface area contributed by atoms with Gasteiger partial charge in [-0.1, -0.05) is 338 Å². The first kappa shape index (κ1) is 86.8. The second-order valence-corrected chi connectivity index (χ2v) is 27.5. The van der Waals surface area contributed by atoms with Crippen LogP contribution < -0.4 is 5.32 Å². The molecule has 14 heteroatoms. The van der Waals surface area contributed by atoms with E-state index in [2.05, 4.69) is 79.9 Å². The SMILES string of the molecule is CC/C=C\C/C=C\C/C=C\C/C=C\C/C=C\CCCCCCCCCCCCCCCCCCCCCCCC(=O)NC(COC1OC(CO)C(OC2OC(CO)C(O)C(O)C2O)C(O)C1O)C(O)CCCCCCCCCCCCCCCCCCCCCCCC. The van der Waals surface area contributed by atoms with Gasteiger partial charge in [-0.3, -0.25) is 4.79 Å². The van der Waals surface area contributed by atoms with Crippen molar-refractivity contribution in [2.24, 2.45) is 0 Å². The van der Waals surface area contributed by atoms with Crippen molar-refractivity contribution >= 4 is 5.91 Å². The number of allylic oxidation sites excluding steroid dienone is 10. The van der Waals surface area contributed by atoms with Crippen LogP contribution in [0.2, 0.25) is 0 Å². The summed E-state index contributed by atoms with van der Waals surface area (Å²) in [5.41, 5.74) is 0. The van der Waals surface area contributed by atoms with Crippen LogP contribution in [0.25, 0.3) is 0 Å². The Morgan fingerprint density at radius 3 is 1.14 bits per heavy atom. The molecule has 0 aromatic carbocycles. The number of amides is 1. The molecule has 0 bridgehead atoms. The standard InChI is InChI=1S/C79H145NO13/c1-3-5-7-9-11-13-15-17-19-21-23-25-27-28-29-30-31-32-33-34-35-36-37-38-39-40-41-43-45-47-49-51-53-55-57-59-61-63-71(84)80-67(66-90-78-76(89)74(87)77(70(65-82)92-78)93-79-75(88)73(86)72(85)69(64-81)91-79)68(83)62-60-58-56-54-52-50-48-46-44-42-26-24-22-20-18-16-14-12-10-8-6-4-2/h5,7,11,13,17,19,23,25,28-29,67-70,72-79,81-83,85-89H,3-4,6,8-10,12,14-16,18,20-22,24,26-27,30-66H2,1-2H3,(H,80,84)/b7-5-,13-11-,19-17-,25-23-,29-28-. The van der Waals surface area contributed by atoms with Crippen molar-refractivity contribution in [2.45, 2.75) is 415 Å². The summed E-state index contributed by atoms with van der Waals surface area (Å²) >= 11 is 0. The molecular formula is C79H145NO13. The quantitative estimate of drug-likeness (QED) is 0.0204. The molecule has 544 valence electrons. The summed E-state index contributed by atoms with van der Waals surface area (Å²) in [4.78, 5) is 13.4. The molecule has 2 aliphatic rings. The summed E-state index contributed by atoms with van der Waals surface area (Å²) in [5, 5.41) is 87.8. The van der Waals surface area contributed by atoms with E-state index in [-0.39, 0.29) is 12.5 Å². The number of carbonyl (C=O) groups is 1. The number of rotatable bonds is 65. The molecule has 2 aliphatic heterocycles. The maximum absolute atomic E-state index is 13.4. The molecule has 0 aromatic heterocycles. The number of nitrogens with one attached hydrogen (secondary N) is 1. The molecule has 14 nitrogen and oxygen atoms in total. The van der Waals surface area contributed by atoms with Crippen LogP contribution in [-0.2, 0) is 23.7 Å². The van der Waals surface area contributed by atoms with Crippen LogP contribution in [0, 0.1) is 0 Å². The summed E-state index contributed by atoms with van der Waals surface area (Å²) in [6, 6.07) is -0.830. The summed E-state index contributed by atoms with van der Waals surface area (Å²) in [6.45, 7) is 2.80. The smallest absolute Gasteiger partial charge is 0.220 e. The van der Waals surface area contributed by atoms with Gasteiger partial charge in [0.25, 0.3) is 0 Å². The van der Waals surface area contributed by atoms with Crippen LogP contribution >= 0.6 is 0 Å². The van der Waals surface area contributed by atoms with E-state index >= 15 is 0 Å². The Labute approximate surface area is 568 Å². The maximum Gasteiger partial charge on any atom is 0.220 e. The van der Waals surface area contributed by atoms with Crippen molar-refractivity contribution in [2.75, 3.05) is 19.8 Å². The third-order valence-corrected chi connectivity index (χ3v) is 19.0. The van der Waals surface area contributed by atoms with Crippen LogP contribution in [0.4, 0.5) is 0 Å². The average Bonchev–Trinajstić information content (AvgIpc) is 0.852.